The van der Waals surface area contributed by atoms with Crippen LogP contribution in [0.5, 0.6) is 11.5 Å². The van der Waals surface area contributed by atoms with Gasteiger partial charge < -0.3 is 29.3 Å². The summed E-state index contributed by atoms with van der Waals surface area (Å²) in [5.41, 5.74) is 2.17. The van der Waals surface area contributed by atoms with Gasteiger partial charge in [0.05, 0.1) is 25.4 Å². The molecular formula is C23H29NO8. The minimum Gasteiger partial charge on any atom is -0.493 e. The molecule has 1 aliphatic carbocycles. The lowest BCUT2D eigenvalue weighted by Gasteiger charge is -2.36. The Morgan fingerprint density at radius 2 is 1.97 bits per heavy atom. The van der Waals surface area contributed by atoms with E-state index in [1.807, 2.05) is 12.1 Å². The fourth-order valence-electron chi connectivity index (χ4n) is 4.59. The zero-order valence-corrected chi connectivity index (χ0v) is 18.5. The van der Waals surface area contributed by atoms with E-state index < -0.39 is 24.0 Å². The molecule has 2 heterocycles. The first-order valence-electron chi connectivity index (χ1n) is 10.5. The second-order valence-corrected chi connectivity index (χ2v) is 8.30. The molecule has 32 heavy (non-hydrogen) atoms. The molecule has 4 rings (SSSR count). The standard InChI is InChI=1S/C21H25NO6.C2H4O2/c1-22-10-9-21-8-7-14(27-18(25)6-5-17(23)24)11-16(21)28-20-15(26-2)4-3-13(12-22)19(20)21;1-2(3)4/h3-4,7-8,14,16H,5-6,9-12H2,1-2H3,(H,23,24);1H3,(H,3,4)/t14-,16-,21-;/m0./s1. The van der Waals surface area contributed by atoms with E-state index in [1.165, 1.54) is 11.1 Å². The summed E-state index contributed by atoms with van der Waals surface area (Å²) in [5, 5.41) is 16.1. The fourth-order valence-corrected chi connectivity index (χ4v) is 4.59. The largest absolute Gasteiger partial charge is 0.493 e. The number of nitrogens with zero attached hydrogens (tertiary/aromatic N) is 1. The number of hydrogen-bond acceptors (Lipinski definition) is 7. The highest BCUT2D eigenvalue weighted by Crippen LogP contribution is 2.55. The first-order chi connectivity index (χ1) is 15.2. The van der Waals surface area contributed by atoms with Gasteiger partial charge in [-0.2, -0.15) is 0 Å². The smallest absolute Gasteiger partial charge is 0.306 e. The molecule has 2 aliphatic heterocycles. The summed E-state index contributed by atoms with van der Waals surface area (Å²) in [5.74, 6) is -0.822. The van der Waals surface area contributed by atoms with Crippen molar-refractivity contribution in [1.82, 2.24) is 4.90 Å². The number of hydrogen-bond donors (Lipinski definition) is 2. The van der Waals surface area contributed by atoms with Crippen LogP contribution >= 0.6 is 0 Å². The van der Waals surface area contributed by atoms with Gasteiger partial charge in [0, 0.05) is 25.5 Å². The predicted molar refractivity (Wildman–Crippen MR) is 114 cm³/mol. The lowest BCUT2D eigenvalue weighted by Crippen LogP contribution is -2.43. The van der Waals surface area contributed by atoms with Gasteiger partial charge in [0.25, 0.3) is 5.97 Å². The maximum Gasteiger partial charge on any atom is 0.306 e. The minimum absolute atomic E-state index is 0.126. The van der Waals surface area contributed by atoms with Crippen LogP contribution in [0.3, 0.4) is 0 Å². The van der Waals surface area contributed by atoms with Crippen molar-refractivity contribution in [3.63, 3.8) is 0 Å². The molecular weight excluding hydrogens is 418 g/mol. The average Bonchev–Trinajstić information content (AvgIpc) is 2.98. The molecule has 0 saturated carbocycles. The Morgan fingerprint density at radius 1 is 1.25 bits per heavy atom. The molecule has 3 aliphatic rings. The Hall–Kier alpha value is -3.07. The highest BCUT2D eigenvalue weighted by Gasteiger charge is 2.53. The number of benzene rings is 1. The van der Waals surface area contributed by atoms with Gasteiger partial charge in [-0.25, -0.2) is 0 Å². The topological polar surface area (TPSA) is 123 Å². The molecule has 1 aromatic carbocycles. The van der Waals surface area contributed by atoms with E-state index in [-0.39, 0.29) is 24.4 Å². The van der Waals surface area contributed by atoms with Crippen molar-refractivity contribution in [2.24, 2.45) is 0 Å². The molecule has 2 N–H and O–H groups in total. The van der Waals surface area contributed by atoms with Gasteiger partial charge in [-0.05, 0) is 37.7 Å². The number of methoxy groups -OCH3 is 1. The van der Waals surface area contributed by atoms with Crippen LogP contribution in [0, 0.1) is 0 Å². The summed E-state index contributed by atoms with van der Waals surface area (Å²) in [6, 6.07) is 4.06. The summed E-state index contributed by atoms with van der Waals surface area (Å²) in [6.07, 6.45) is 4.60. The third kappa shape index (κ3) is 4.88. The van der Waals surface area contributed by atoms with Crippen LogP contribution in [0.4, 0.5) is 0 Å². The molecule has 1 aromatic rings. The first kappa shape index (κ1) is 23.6. The van der Waals surface area contributed by atoms with Crippen LogP contribution in [0.25, 0.3) is 0 Å². The van der Waals surface area contributed by atoms with Crippen LogP contribution < -0.4 is 9.47 Å². The Balaban J connectivity index is 0.000000668. The monoisotopic (exact) mass is 447 g/mol. The van der Waals surface area contributed by atoms with E-state index >= 15 is 0 Å². The van der Waals surface area contributed by atoms with Gasteiger partial charge in [0.2, 0.25) is 0 Å². The van der Waals surface area contributed by atoms with E-state index in [2.05, 4.69) is 24.1 Å². The molecule has 3 atom stereocenters. The second-order valence-electron chi connectivity index (χ2n) is 8.30. The molecule has 9 heteroatoms. The molecule has 9 nitrogen and oxygen atoms in total. The molecule has 0 fully saturated rings. The van der Waals surface area contributed by atoms with Crippen LogP contribution in [-0.2, 0) is 31.1 Å². The summed E-state index contributed by atoms with van der Waals surface area (Å²) in [4.78, 5) is 33.9. The Kier molecular flexibility index (Phi) is 7.08. The maximum absolute atomic E-state index is 12.0. The van der Waals surface area contributed by atoms with Crippen LogP contribution in [-0.4, -0.2) is 65.9 Å². The number of aliphatic carboxylic acids is 2. The van der Waals surface area contributed by atoms with Gasteiger partial charge in [-0.3, -0.25) is 14.4 Å². The highest BCUT2D eigenvalue weighted by molar-refractivity contribution is 5.76. The Bertz CT molecular complexity index is 923. The number of rotatable bonds is 5. The van der Waals surface area contributed by atoms with Crippen molar-refractivity contribution in [3.8, 4) is 11.5 Å². The molecule has 174 valence electrons. The molecule has 0 aromatic heterocycles. The van der Waals surface area contributed by atoms with Crippen molar-refractivity contribution in [1.29, 1.82) is 0 Å². The lowest BCUT2D eigenvalue weighted by atomic mass is 9.69. The molecule has 0 bridgehead atoms. The SMILES string of the molecule is CC(=O)O.COc1ccc2c3c1O[C@H]1C[C@@H](OC(=O)CCC(=O)O)C=C[C@@]31CCN(C)C2. The van der Waals surface area contributed by atoms with Crippen LogP contribution in [0.2, 0.25) is 0 Å². The van der Waals surface area contributed by atoms with Gasteiger partial charge in [-0.1, -0.05) is 12.1 Å². The summed E-state index contributed by atoms with van der Waals surface area (Å²) < 4.78 is 17.4. The molecule has 0 unspecified atom stereocenters. The van der Waals surface area contributed by atoms with E-state index in [9.17, 15) is 9.59 Å². The number of ether oxygens (including phenoxy) is 3. The predicted octanol–water partition coefficient (Wildman–Crippen LogP) is 2.36. The quantitative estimate of drug-likeness (QED) is 0.517. The number of esters is 1. The first-order valence-corrected chi connectivity index (χ1v) is 10.5. The zero-order chi connectivity index (χ0) is 23.5. The third-order valence-corrected chi connectivity index (χ3v) is 5.96. The fraction of sp³-hybridized carbons (Fsp3) is 0.522. The van der Waals surface area contributed by atoms with Gasteiger partial charge >= 0.3 is 11.9 Å². The maximum atomic E-state index is 12.0. The van der Waals surface area contributed by atoms with E-state index in [0.29, 0.717) is 6.42 Å². The van der Waals surface area contributed by atoms with Gasteiger partial charge in [-0.15, -0.1) is 0 Å². The van der Waals surface area contributed by atoms with Crippen LogP contribution in [0.1, 0.15) is 43.7 Å². The number of carboxylic acids is 2. The summed E-state index contributed by atoms with van der Waals surface area (Å²) in [6.45, 7) is 2.87. The van der Waals surface area contributed by atoms with Crippen molar-refractivity contribution < 1.29 is 38.8 Å². The number of carboxylic acid groups (broad SMARTS) is 2. The summed E-state index contributed by atoms with van der Waals surface area (Å²) >= 11 is 0. The Labute approximate surface area is 186 Å². The van der Waals surface area contributed by atoms with E-state index in [0.717, 1.165) is 37.9 Å². The molecule has 0 amide bonds. The van der Waals surface area contributed by atoms with Crippen LogP contribution in [0.15, 0.2) is 24.3 Å². The molecule has 0 saturated heterocycles. The van der Waals surface area contributed by atoms with Crippen molar-refractivity contribution >= 4 is 17.9 Å². The molecule has 1 spiro atoms. The number of carbonyl (C=O) groups is 3. The average molecular weight is 447 g/mol. The number of carbonyl (C=O) groups excluding carboxylic acids is 1. The van der Waals surface area contributed by atoms with Gasteiger partial charge in [0.15, 0.2) is 11.5 Å². The minimum atomic E-state index is -1.01. The lowest BCUT2D eigenvalue weighted by molar-refractivity contribution is -0.151. The highest BCUT2D eigenvalue weighted by atomic mass is 16.6. The normalized spacial score (nSPS) is 25.2. The zero-order valence-electron chi connectivity index (χ0n) is 18.5. The van der Waals surface area contributed by atoms with E-state index in [1.54, 1.807) is 7.11 Å². The summed E-state index contributed by atoms with van der Waals surface area (Å²) in [7, 11) is 3.76. The second kappa shape index (κ2) is 9.60. The van der Waals surface area contributed by atoms with Crippen molar-refractivity contribution in [2.75, 3.05) is 20.7 Å². The molecule has 0 radical (unpaired) electrons. The van der Waals surface area contributed by atoms with Gasteiger partial charge in [0.1, 0.15) is 12.2 Å². The van der Waals surface area contributed by atoms with E-state index in [4.69, 9.17) is 29.2 Å². The van der Waals surface area contributed by atoms with Crippen molar-refractivity contribution in [2.45, 2.75) is 56.8 Å². The Morgan fingerprint density at radius 3 is 2.62 bits per heavy atom. The third-order valence-electron chi connectivity index (χ3n) is 5.96. The van der Waals surface area contributed by atoms with Crippen molar-refractivity contribution in [3.05, 3.63) is 35.4 Å².